The van der Waals surface area contributed by atoms with Crippen LogP contribution in [-0.2, 0) is 18.9 Å². The van der Waals surface area contributed by atoms with Crippen molar-refractivity contribution in [3.8, 4) is 0 Å². The molecule has 4 nitrogen and oxygen atoms in total. The fourth-order valence-electron chi connectivity index (χ4n) is 5.06. The van der Waals surface area contributed by atoms with E-state index in [1.54, 1.807) is 0 Å². The lowest BCUT2D eigenvalue weighted by Gasteiger charge is -2.11. The van der Waals surface area contributed by atoms with Crippen molar-refractivity contribution in [2.24, 2.45) is 0 Å². The van der Waals surface area contributed by atoms with Crippen LogP contribution in [0.5, 0.6) is 0 Å². The number of hydrogen-bond acceptors (Lipinski definition) is 4. The van der Waals surface area contributed by atoms with E-state index in [9.17, 15) is 0 Å². The van der Waals surface area contributed by atoms with E-state index in [1.165, 1.54) is 89.9 Å². The van der Waals surface area contributed by atoms with Gasteiger partial charge in [0.2, 0.25) is 0 Å². The predicted molar refractivity (Wildman–Crippen MR) is 133 cm³/mol. The molecule has 0 N–H and O–H groups in total. The highest BCUT2D eigenvalue weighted by Gasteiger charge is 2.54. The Bertz CT molecular complexity index is 428. The zero-order valence-electron chi connectivity index (χ0n) is 21.9. The van der Waals surface area contributed by atoms with E-state index in [0.29, 0.717) is 12.2 Å². The minimum Gasteiger partial charge on any atom is -0.378 e. The largest absolute Gasteiger partial charge is 0.378 e. The number of hydrogen-bond donors (Lipinski definition) is 0. The van der Waals surface area contributed by atoms with Crippen LogP contribution in [0.1, 0.15) is 130 Å². The van der Waals surface area contributed by atoms with Crippen molar-refractivity contribution in [1.82, 2.24) is 0 Å². The molecule has 2 saturated heterocycles. The summed E-state index contributed by atoms with van der Waals surface area (Å²) in [6, 6.07) is 0. The molecule has 2 rings (SSSR count). The summed E-state index contributed by atoms with van der Waals surface area (Å²) >= 11 is 0. The zero-order valence-corrected chi connectivity index (χ0v) is 21.9. The van der Waals surface area contributed by atoms with Gasteiger partial charge < -0.3 is 18.9 Å². The average Bonchev–Trinajstić information content (AvgIpc) is 3.69. The normalized spacial score (nSPS) is 28.9. The van der Waals surface area contributed by atoms with Crippen molar-refractivity contribution in [1.29, 1.82) is 0 Å². The Labute approximate surface area is 199 Å². The van der Waals surface area contributed by atoms with Gasteiger partial charge in [-0.05, 0) is 38.5 Å². The van der Waals surface area contributed by atoms with Crippen LogP contribution in [0.15, 0.2) is 0 Å². The first-order valence-corrected chi connectivity index (χ1v) is 14.2. The second kappa shape index (κ2) is 15.7. The summed E-state index contributed by atoms with van der Waals surface area (Å²) in [6.07, 6.45) is 21.1. The summed E-state index contributed by atoms with van der Waals surface area (Å²) < 4.78 is 23.7. The third-order valence-corrected chi connectivity index (χ3v) is 7.63. The lowest BCUT2D eigenvalue weighted by Crippen LogP contribution is -2.22. The molecule has 0 spiro atoms. The molecule has 0 amide bonds. The molecule has 2 aliphatic rings. The van der Waals surface area contributed by atoms with Gasteiger partial charge in [0.05, 0.1) is 25.4 Å². The fourth-order valence-corrected chi connectivity index (χ4v) is 5.06. The smallest absolute Gasteiger partial charge is 0.118 e. The Kier molecular flexibility index (Phi) is 13.8. The molecular formula is C28H54O4. The van der Waals surface area contributed by atoms with Crippen molar-refractivity contribution >= 4 is 0 Å². The van der Waals surface area contributed by atoms with Crippen molar-refractivity contribution in [2.45, 2.75) is 154 Å². The van der Waals surface area contributed by atoms with Gasteiger partial charge in [-0.1, -0.05) is 91.9 Å². The third kappa shape index (κ3) is 9.60. The van der Waals surface area contributed by atoms with Crippen molar-refractivity contribution in [3.63, 3.8) is 0 Å². The van der Waals surface area contributed by atoms with E-state index >= 15 is 0 Å². The molecule has 4 heteroatoms. The van der Waals surface area contributed by atoms with Crippen LogP contribution in [0.3, 0.4) is 0 Å². The first-order chi connectivity index (χ1) is 15.7. The number of epoxide rings is 2. The Balaban J connectivity index is 1.27. The molecule has 0 aromatic rings. The minimum absolute atomic E-state index is 0.0587. The molecule has 2 heterocycles. The third-order valence-electron chi connectivity index (χ3n) is 7.63. The maximum Gasteiger partial charge on any atom is 0.118 e. The molecule has 4 unspecified atom stereocenters. The van der Waals surface area contributed by atoms with E-state index in [4.69, 9.17) is 18.9 Å². The van der Waals surface area contributed by atoms with Crippen LogP contribution >= 0.6 is 0 Å². The van der Waals surface area contributed by atoms with Gasteiger partial charge >= 0.3 is 0 Å². The van der Waals surface area contributed by atoms with Crippen LogP contribution in [0.4, 0.5) is 0 Å². The van der Waals surface area contributed by atoms with Crippen LogP contribution in [0, 0.1) is 0 Å². The Hall–Kier alpha value is -0.160. The first-order valence-electron chi connectivity index (χ1n) is 14.2. The quantitative estimate of drug-likeness (QED) is 0.118. The molecule has 0 saturated carbocycles. The standard InChI is InChI=1S/C28H54O4/c1-5-19-25-27(7-3,31-25)23-29-21-17-15-13-11-9-10-12-14-16-18-22-30-24-28(8-4)26(32-28)20-6-2/h25-26H,5-24H2,1-4H3. The van der Waals surface area contributed by atoms with Crippen molar-refractivity contribution in [3.05, 3.63) is 0 Å². The van der Waals surface area contributed by atoms with E-state index < -0.39 is 0 Å². The molecular weight excluding hydrogens is 400 g/mol. The van der Waals surface area contributed by atoms with Gasteiger partial charge in [0, 0.05) is 13.2 Å². The number of rotatable bonds is 23. The molecule has 0 aromatic heterocycles. The molecule has 0 aromatic carbocycles. The van der Waals surface area contributed by atoms with Gasteiger partial charge in [-0.3, -0.25) is 0 Å². The maximum atomic E-state index is 5.93. The topological polar surface area (TPSA) is 43.5 Å². The van der Waals surface area contributed by atoms with Gasteiger partial charge in [0.25, 0.3) is 0 Å². The zero-order chi connectivity index (χ0) is 23.1. The Morgan fingerprint density at radius 2 is 0.875 bits per heavy atom. The van der Waals surface area contributed by atoms with E-state index in [2.05, 4.69) is 27.7 Å². The molecule has 32 heavy (non-hydrogen) atoms. The summed E-state index contributed by atoms with van der Waals surface area (Å²) in [5.74, 6) is 0. The predicted octanol–water partition coefficient (Wildman–Crippen LogP) is 7.62. The molecule has 2 aliphatic heterocycles. The monoisotopic (exact) mass is 454 g/mol. The summed E-state index contributed by atoms with van der Waals surface area (Å²) in [5, 5.41) is 0. The highest BCUT2D eigenvalue weighted by atomic mass is 16.6. The van der Waals surface area contributed by atoms with Gasteiger partial charge in [-0.25, -0.2) is 0 Å². The Morgan fingerprint density at radius 1 is 0.531 bits per heavy atom. The van der Waals surface area contributed by atoms with Crippen LogP contribution < -0.4 is 0 Å². The van der Waals surface area contributed by atoms with Gasteiger partial charge in [-0.15, -0.1) is 0 Å². The summed E-state index contributed by atoms with van der Waals surface area (Å²) in [5.41, 5.74) is 0.117. The molecule has 0 aliphatic carbocycles. The van der Waals surface area contributed by atoms with E-state index in [-0.39, 0.29) is 11.2 Å². The van der Waals surface area contributed by atoms with Crippen molar-refractivity contribution < 1.29 is 18.9 Å². The maximum absolute atomic E-state index is 5.93. The van der Waals surface area contributed by atoms with Crippen LogP contribution in [0.25, 0.3) is 0 Å². The minimum atomic E-state index is 0.0587. The number of unbranched alkanes of at least 4 members (excludes halogenated alkanes) is 9. The van der Waals surface area contributed by atoms with Gasteiger partial charge in [-0.2, -0.15) is 0 Å². The SMILES string of the molecule is CCCC1OC1(CC)COCCCCCCCCCCCCOCC1(CC)OC1CCC. The molecule has 0 radical (unpaired) electrons. The lowest BCUT2D eigenvalue weighted by molar-refractivity contribution is 0.0741. The lowest BCUT2D eigenvalue weighted by atomic mass is 10.0. The summed E-state index contributed by atoms with van der Waals surface area (Å²) in [6.45, 7) is 12.3. The number of ether oxygens (including phenoxy) is 4. The second-order valence-corrected chi connectivity index (χ2v) is 10.3. The first kappa shape index (κ1) is 28.1. The van der Waals surface area contributed by atoms with E-state index in [1.807, 2.05) is 0 Å². The second-order valence-electron chi connectivity index (χ2n) is 10.3. The fraction of sp³-hybridized carbons (Fsp3) is 1.00. The van der Waals surface area contributed by atoms with Crippen molar-refractivity contribution in [2.75, 3.05) is 26.4 Å². The van der Waals surface area contributed by atoms with Crippen LogP contribution in [-0.4, -0.2) is 49.8 Å². The van der Waals surface area contributed by atoms with E-state index in [0.717, 1.165) is 39.3 Å². The molecule has 0 bridgehead atoms. The van der Waals surface area contributed by atoms with Crippen LogP contribution in [0.2, 0.25) is 0 Å². The molecule has 2 fully saturated rings. The summed E-state index contributed by atoms with van der Waals surface area (Å²) in [7, 11) is 0. The van der Waals surface area contributed by atoms with Gasteiger partial charge in [0.15, 0.2) is 0 Å². The average molecular weight is 455 g/mol. The molecule has 4 atom stereocenters. The summed E-state index contributed by atoms with van der Waals surface area (Å²) in [4.78, 5) is 0. The Morgan fingerprint density at radius 3 is 1.19 bits per heavy atom. The highest BCUT2D eigenvalue weighted by molar-refractivity contribution is 5.02. The van der Waals surface area contributed by atoms with Gasteiger partial charge in [0.1, 0.15) is 11.2 Å². The highest BCUT2D eigenvalue weighted by Crippen LogP contribution is 2.43. The molecule has 190 valence electrons.